The van der Waals surface area contributed by atoms with Crippen LogP contribution in [-0.4, -0.2) is 78.6 Å². The smallest absolute Gasteiger partial charge is 0.332 e. The molecular weight excluding hydrogens is 440 g/mol. The second-order valence-corrected chi connectivity index (χ2v) is 10.4. The van der Waals surface area contributed by atoms with Gasteiger partial charge >= 0.3 is 5.69 Å². The first kappa shape index (κ1) is 23.3. The summed E-state index contributed by atoms with van der Waals surface area (Å²) in [6.07, 6.45) is 5.34. The first-order valence-corrected chi connectivity index (χ1v) is 12.1. The fourth-order valence-electron chi connectivity index (χ4n) is 5.83. The van der Waals surface area contributed by atoms with Crippen molar-refractivity contribution in [2.75, 3.05) is 32.8 Å². The number of hydrogen-bond donors (Lipinski definition) is 2. The standard InChI is InChI=1S/C23H34N6O5/c1-22(33)13-34-23(6-9-28(10-7-23)19(30)15-5-4-8-24-12-15)11-16(22)29-14-25-18-17(29)20(31)27(3)21(32)26(18)2/h14-16,24,33H,4-13H2,1-3H3/t15-,16+,22+/m1/s1. The molecule has 3 atom stereocenters. The molecule has 2 N–H and O–H groups in total. The van der Waals surface area contributed by atoms with Crippen molar-refractivity contribution in [1.82, 2.24) is 28.9 Å². The molecule has 0 saturated carbocycles. The molecule has 0 aliphatic carbocycles. The van der Waals surface area contributed by atoms with Crippen LogP contribution >= 0.6 is 0 Å². The number of aryl methyl sites for hydroxylation is 1. The summed E-state index contributed by atoms with van der Waals surface area (Å²) in [6.45, 7) is 4.77. The quantitative estimate of drug-likeness (QED) is 0.602. The topological polar surface area (TPSA) is 124 Å². The van der Waals surface area contributed by atoms with E-state index < -0.39 is 28.5 Å². The first-order valence-electron chi connectivity index (χ1n) is 12.1. The Morgan fingerprint density at radius 1 is 1.24 bits per heavy atom. The number of fused-ring (bicyclic) bond motifs is 1. The highest BCUT2D eigenvalue weighted by molar-refractivity contribution is 5.79. The lowest BCUT2D eigenvalue weighted by molar-refractivity contribution is -0.201. The third-order valence-electron chi connectivity index (χ3n) is 8.10. The molecule has 186 valence electrons. The van der Waals surface area contributed by atoms with Crippen molar-refractivity contribution >= 4 is 17.1 Å². The molecule has 2 aromatic rings. The van der Waals surface area contributed by atoms with Crippen LogP contribution in [0.1, 0.15) is 45.1 Å². The Kier molecular flexibility index (Phi) is 5.69. The molecule has 11 heteroatoms. The van der Waals surface area contributed by atoms with Gasteiger partial charge in [-0.15, -0.1) is 0 Å². The maximum absolute atomic E-state index is 13.0. The average molecular weight is 475 g/mol. The van der Waals surface area contributed by atoms with Crippen molar-refractivity contribution in [3.05, 3.63) is 27.2 Å². The summed E-state index contributed by atoms with van der Waals surface area (Å²) in [6, 6.07) is -0.457. The molecule has 0 radical (unpaired) electrons. The summed E-state index contributed by atoms with van der Waals surface area (Å²) in [4.78, 5) is 44.6. The number of imidazole rings is 1. The molecule has 11 nitrogen and oxygen atoms in total. The van der Waals surface area contributed by atoms with Crippen molar-refractivity contribution in [2.45, 2.75) is 56.3 Å². The van der Waals surface area contributed by atoms with E-state index in [0.717, 1.165) is 30.5 Å². The summed E-state index contributed by atoms with van der Waals surface area (Å²) in [5.41, 5.74) is -2.00. The van der Waals surface area contributed by atoms with Crippen LogP contribution in [0.4, 0.5) is 0 Å². The molecule has 3 fully saturated rings. The second-order valence-electron chi connectivity index (χ2n) is 10.4. The van der Waals surface area contributed by atoms with E-state index in [0.29, 0.717) is 43.5 Å². The molecule has 34 heavy (non-hydrogen) atoms. The Hall–Kier alpha value is -2.50. The summed E-state index contributed by atoms with van der Waals surface area (Å²) in [5.74, 6) is 0.259. The normalized spacial score (nSPS) is 29.6. The lowest BCUT2D eigenvalue weighted by Gasteiger charge is -2.51. The van der Waals surface area contributed by atoms with Gasteiger partial charge in [0.1, 0.15) is 5.60 Å². The number of amides is 1. The molecule has 0 aromatic carbocycles. The third kappa shape index (κ3) is 3.70. The number of piperidine rings is 2. The van der Waals surface area contributed by atoms with Crippen LogP contribution in [0.2, 0.25) is 0 Å². The van der Waals surface area contributed by atoms with Crippen molar-refractivity contribution in [3.8, 4) is 0 Å². The number of nitrogens with zero attached hydrogens (tertiary/aromatic N) is 5. The zero-order valence-corrected chi connectivity index (χ0v) is 20.1. The van der Waals surface area contributed by atoms with Crippen molar-refractivity contribution in [2.24, 2.45) is 20.0 Å². The summed E-state index contributed by atoms with van der Waals surface area (Å²) >= 11 is 0. The fourth-order valence-corrected chi connectivity index (χ4v) is 5.83. The fraction of sp³-hybridized carbons (Fsp3) is 0.739. The molecule has 1 spiro atoms. The number of ether oxygens (including phenoxy) is 1. The van der Waals surface area contributed by atoms with Crippen LogP contribution in [-0.2, 0) is 23.6 Å². The van der Waals surface area contributed by atoms with Gasteiger partial charge in [0.05, 0.1) is 30.5 Å². The summed E-state index contributed by atoms with van der Waals surface area (Å²) < 4.78 is 10.4. The van der Waals surface area contributed by atoms with E-state index in [2.05, 4.69) is 10.3 Å². The summed E-state index contributed by atoms with van der Waals surface area (Å²) in [5, 5.41) is 14.6. The molecule has 5 rings (SSSR count). The maximum atomic E-state index is 13.0. The highest BCUT2D eigenvalue weighted by Crippen LogP contribution is 2.44. The van der Waals surface area contributed by atoms with Crippen LogP contribution in [0.5, 0.6) is 0 Å². The Bertz CT molecular complexity index is 1210. The first-order chi connectivity index (χ1) is 16.1. The largest absolute Gasteiger partial charge is 0.386 e. The van der Waals surface area contributed by atoms with Crippen molar-refractivity contribution in [1.29, 1.82) is 0 Å². The third-order valence-corrected chi connectivity index (χ3v) is 8.10. The lowest BCUT2D eigenvalue weighted by Crippen LogP contribution is -2.58. The van der Waals surface area contributed by atoms with E-state index in [1.165, 1.54) is 11.6 Å². The van der Waals surface area contributed by atoms with E-state index in [4.69, 9.17) is 4.74 Å². The van der Waals surface area contributed by atoms with Gasteiger partial charge in [0, 0.05) is 40.2 Å². The second kappa shape index (κ2) is 8.31. The Morgan fingerprint density at radius 2 is 1.97 bits per heavy atom. The molecule has 3 aliphatic heterocycles. The maximum Gasteiger partial charge on any atom is 0.332 e. The minimum Gasteiger partial charge on any atom is -0.386 e. The van der Waals surface area contributed by atoms with Crippen LogP contribution in [0.25, 0.3) is 11.2 Å². The SMILES string of the molecule is Cn1c(=O)c2c(ncn2[C@H]2CC3(CCN(C(=O)[C@@H]4CCCNC4)CC3)OC[C@]2(C)O)n(C)c1=O. The van der Waals surface area contributed by atoms with Crippen LogP contribution < -0.4 is 16.6 Å². The van der Waals surface area contributed by atoms with E-state index in [1.807, 2.05) is 4.90 Å². The van der Waals surface area contributed by atoms with Crippen LogP contribution in [0.15, 0.2) is 15.9 Å². The Morgan fingerprint density at radius 3 is 2.65 bits per heavy atom. The van der Waals surface area contributed by atoms with E-state index in [9.17, 15) is 19.5 Å². The predicted octanol–water partition coefficient (Wildman–Crippen LogP) is -0.493. The number of aromatic nitrogens is 4. The van der Waals surface area contributed by atoms with E-state index in [-0.39, 0.29) is 18.4 Å². The number of hydrogen-bond acceptors (Lipinski definition) is 7. The number of carbonyl (C=O) groups excluding carboxylic acids is 1. The predicted molar refractivity (Wildman–Crippen MR) is 125 cm³/mol. The molecule has 0 unspecified atom stereocenters. The van der Waals surface area contributed by atoms with Gasteiger partial charge in [0.2, 0.25) is 5.91 Å². The minimum absolute atomic E-state index is 0.0451. The average Bonchev–Trinajstić information content (AvgIpc) is 3.29. The van der Waals surface area contributed by atoms with Gasteiger partial charge in [-0.1, -0.05) is 0 Å². The zero-order valence-electron chi connectivity index (χ0n) is 20.1. The van der Waals surface area contributed by atoms with Crippen molar-refractivity contribution < 1.29 is 14.6 Å². The summed E-state index contributed by atoms with van der Waals surface area (Å²) in [7, 11) is 3.03. The van der Waals surface area contributed by atoms with Crippen LogP contribution in [0, 0.1) is 5.92 Å². The molecule has 5 heterocycles. The number of aliphatic hydroxyl groups is 1. The molecule has 2 aromatic heterocycles. The highest BCUT2D eigenvalue weighted by atomic mass is 16.5. The Balaban J connectivity index is 1.41. The minimum atomic E-state index is -1.22. The lowest BCUT2D eigenvalue weighted by atomic mass is 9.77. The molecular formula is C23H34N6O5. The molecule has 0 bridgehead atoms. The van der Waals surface area contributed by atoms with Crippen molar-refractivity contribution in [3.63, 3.8) is 0 Å². The van der Waals surface area contributed by atoms with Crippen LogP contribution in [0.3, 0.4) is 0 Å². The molecule has 1 amide bonds. The number of carbonyl (C=O) groups is 1. The van der Waals surface area contributed by atoms with Gasteiger partial charge < -0.3 is 24.6 Å². The highest BCUT2D eigenvalue weighted by Gasteiger charge is 2.50. The molecule has 3 saturated heterocycles. The number of nitrogens with one attached hydrogen (secondary N) is 1. The monoisotopic (exact) mass is 474 g/mol. The molecule has 3 aliphatic rings. The van der Waals surface area contributed by atoms with E-state index in [1.54, 1.807) is 24.9 Å². The van der Waals surface area contributed by atoms with Gasteiger partial charge in [0.25, 0.3) is 5.56 Å². The number of rotatable bonds is 2. The Labute approximate surface area is 197 Å². The zero-order chi connectivity index (χ0) is 24.3. The van der Waals surface area contributed by atoms with Gasteiger partial charge in [-0.05, 0) is 39.2 Å². The van der Waals surface area contributed by atoms with Gasteiger partial charge in [0.15, 0.2) is 11.2 Å². The van der Waals surface area contributed by atoms with Gasteiger partial charge in [-0.25, -0.2) is 9.78 Å². The van der Waals surface area contributed by atoms with E-state index >= 15 is 0 Å². The van der Waals surface area contributed by atoms with Gasteiger partial charge in [-0.2, -0.15) is 0 Å². The van der Waals surface area contributed by atoms with Gasteiger partial charge in [-0.3, -0.25) is 18.7 Å². The number of likely N-dealkylation sites (tertiary alicyclic amines) is 1.